The average molecular weight is 342 g/mol. The van der Waals surface area contributed by atoms with Crippen molar-refractivity contribution >= 4 is 28.9 Å². The van der Waals surface area contributed by atoms with Gasteiger partial charge in [-0.3, -0.25) is 10.1 Å². The van der Waals surface area contributed by atoms with Crippen LogP contribution in [0.1, 0.15) is 35.3 Å². The first-order valence-electron chi connectivity index (χ1n) is 7.98. The van der Waals surface area contributed by atoms with Crippen LogP contribution >= 0.6 is 12.2 Å². The summed E-state index contributed by atoms with van der Waals surface area (Å²) < 4.78 is 5.41. The number of para-hydroxylation sites is 1. The molecule has 5 heteroatoms. The fourth-order valence-electron chi connectivity index (χ4n) is 2.42. The summed E-state index contributed by atoms with van der Waals surface area (Å²) >= 11 is 5.29. The third kappa shape index (κ3) is 4.55. The second-order valence-corrected chi connectivity index (χ2v) is 5.74. The van der Waals surface area contributed by atoms with Crippen LogP contribution < -0.4 is 15.4 Å². The maximum atomic E-state index is 12.3. The van der Waals surface area contributed by atoms with Gasteiger partial charge in [-0.05, 0) is 61.8 Å². The monoisotopic (exact) mass is 342 g/mol. The van der Waals surface area contributed by atoms with E-state index in [4.69, 9.17) is 17.0 Å². The molecule has 2 rings (SSSR count). The molecule has 0 saturated heterocycles. The molecule has 0 atom stereocenters. The van der Waals surface area contributed by atoms with E-state index >= 15 is 0 Å². The minimum Gasteiger partial charge on any atom is -0.494 e. The second kappa shape index (κ2) is 8.45. The van der Waals surface area contributed by atoms with Gasteiger partial charge in [0.05, 0.1) is 6.61 Å². The number of anilines is 1. The Kier molecular flexibility index (Phi) is 6.32. The van der Waals surface area contributed by atoms with Gasteiger partial charge in [-0.25, -0.2) is 0 Å². The molecule has 0 aliphatic heterocycles. The molecule has 2 N–H and O–H groups in total. The number of amides is 1. The highest BCUT2D eigenvalue weighted by Gasteiger charge is 2.11. The summed E-state index contributed by atoms with van der Waals surface area (Å²) in [5.41, 5.74) is 3.70. The number of carbonyl (C=O) groups is 1. The lowest BCUT2D eigenvalue weighted by atomic mass is 10.1. The molecule has 2 aromatic carbocycles. The number of ether oxygens (including phenoxy) is 1. The summed E-state index contributed by atoms with van der Waals surface area (Å²) in [7, 11) is 0. The van der Waals surface area contributed by atoms with Gasteiger partial charge in [0.25, 0.3) is 5.91 Å². The highest BCUT2D eigenvalue weighted by Crippen LogP contribution is 2.21. The van der Waals surface area contributed by atoms with E-state index in [0.29, 0.717) is 17.9 Å². The first-order valence-corrected chi connectivity index (χ1v) is 8.39. The summed E-state index contributed by atoms with van der Waals surface area (Å²) in [5, 5.41) is 6.14. The molecule has 0 fully saturated rings. The van der Waals surface area contributed by atoms with Crippen LogP contribution in [0.2, 0.25) is 0 Å². The highest BCUT2D eigenvalue weighted by molar-refractivity contribution is 7.80. The number of thiocarbonyl (C=S) groups is 1. The first kappa shape index (κ1) is 17.9. The Balaban J connectivity index is 2.07. The Labute approximate surface area is 148 Å². The van der Waals surface area contributed by atoms with E-state index in [9.17, 15) is 4.79 Å². The lowest BCUT2D eigenvalue weighted by molar-refractivity contribution is 0.0977. The van der Waals surface area contributed by atoms with Crippen molar-refractivity contribution in [1.82, 2.24) is 5.32 Å². The van der Waals surface area contributed by atoms with Gasteiger partial charge in [0.15, 0.2) is 5.11 Å². The van der Waals surface area contributed by atoms with Gasteiger partial charge in [-0.2, -0.15) is 0 Å². The lowest BCUT2D eigenvalue weighted by Gasteiger charge is -2.15. The van der Waals surface area contributed by atoms with Crippen molar-refractivity contribution in [2.75, 3.05) is 11.9 Å². The predicted molar refractivity (Wildman–Crippen MR) is 102 cm³/mol. The van der Waals surface area contributed by atoms with Crippen LogP contribution in [0.3, 0.4) is 0 Å². The van der Waals surface area contributed by atoms with E-state index in [1.807, 2.05) is 38.1 Å². The maximum absolute atomic E-state index is 12.3. The van der Waals surface area contributed by atoms with Gasteiger partial charge in [0, 0.05) is 11.3 Å². The van der Waals surface area contributed by atoms with Crippen molar-refractivity contribution in [2.24, 2.45) is 0 Å². The van der Waals surface area contributed by atoms with E-state index in [1.165, 1.54) is 0 Å². The molecule has 2 aromatic rings. The van der Waals surface area contributed by atoms with Crippen LogP contribution in [0, 0.1) is 6.92 Å². The summed E-state index contributed by atoms with van der Waals surface area (Å²) in [6.07, 6.45) is 0.886. The van der Waals surface area contributed by atoms with Crippen LogP contribution in [-0.2, 0) is 6.42 Å². The van der Waals surface area contributed by atoms with Crippen molar-refractivity contribution in [3.8, 4) is 5.75 Å². The number of nitrogens with one attached hydrogen (secondary N) is 2. The number of benzene rings is 2. The molecule has 126 valence electrons. The Morgan fingerprint density at radius 3 is 2.62 bits per heavy atom. The van der Waals surface area contributed by atoms with Crippen LogP contribution in [-0.4, -0.2) is 17.6 Å². The largest absolute Gasteiger partial charge is 0.494 e. The van der Waals surface area contributed by atoms with Gasteiger partial charge in [-0.1, -0.05) is 31.2 Å². The van der Waals surface area contributed by atoms with Crippen molar-refractivity contribution in [2.45, 2.75) is 27.2 Å². The Morgan fingerprint density at radius 1 is 1.17 bits per heavy atom. The molecular weight excluding hydrogens is 320 g/mol. The third-order valence-electron chi connectivity index (χ3n) is 3.61. The summed E-state index contributed by atoms with van der Waals surface area (Å²) in [6, 6.07) is 13.1. The smallest absolute Gasteiger partial charge is 0.257 e. The van der Waals surface area contributed by atoms with Crippen molar-refractivity contribution in [3.05, 3.63) is 59.2 Å². The van der Waals surface area contributed by atoms with Crippen molar-refractivity contribution in [1.29, 1.82) is 0 Å². The van der Waals surface area contributed by atoms with Crippen molar-refractivity contribution in [3.63, 3.8) is 0 Å². The average Bonchev–Trinajstić information content (AvgIpc) is 2.57. The summed E-state index contributed by atoms with van der Waals surface area (Å²) in [5.74, 6) is 0.400. The maximum Gasteiger partial charge on any atom is 0.257 e. The molecule has 1 amide bonds. The van der Waals surface area contributed by atoms with Crippen LogP contribution in [0.5, 0.6) is 5.75 Å². The molecule has 0 aliphatic rings. The molecule has 0 aliphatic carbocycles. The molecule has 0 unspecified atom stereocenters. The zero-order valence-electron chi connectivity index (χ0n) is 14.2. The van der Waals surface area contributed by atoms with Gasteiger partial charge in [0.1, 0.15) is 5.75 Å². The predicted octanol–water partition coefficient (Wildman–Crippen LogP) is 4.08. The third-order valence-corrected chi connectivity index (χ3v) is 3.82. The molecule has 0 heterocycles. The normalized spacial score (nSPS) is 10.1. The standard InChI is InChI=1S/C19H22N2O2S/c1-4-14-9-6-8-13(3)17(14)20-19(24)21-18(22)15-10-7-11-16(12-15)23-5-2/h6-12H,4-5H2,1-3H3,(H2,20,21,22,24). The minimum atomic E-state index is -0.263. The van der Waals surface area contributed by atoms with Crippen LogP contribution in [0.4, 0.5) is 5.69 Å². The number of carbonyl (C=O) groups excluding carboxylic acids is 1. The fraction of sp³-hybridized carbons (Fsp3) is 0.263. The van der Waals surface area contributed by atoms with E-state index in [0.717, 1.165) is 23.2 Å². The Bertz CT molecular complexity index is 744. The zero-order valence-corrected chi connectivity index (χ0v) is 15.0. The number of rotatable bonds is 5. The molecule has 4 nitrogen and oxygen atoms in total. The van der Waals surface area contributed by atoms with Crippen LogP contribution in [0.25, 0.3) is 0 Å². The fourth-order valence-corrected chi connectivity index (χ4v) is 2.61. The molecule has 0 saturated carbocycles. The summed E-state index contributed by atoms with van der Waals surface area (Å²) in [4.78, 5) is 12.3. The van der Waals surface area contributed by atoms with E-state index < -0.39 is 0 Å². The van der Waals surface area contributed by atoms with Gasteiger partial charge in [0.2, 0.25) is 0 Å². The number of hydrogen-bond acceptors (Lipinski definition) is 3. The molecule has 0 bridgehead atoms. The minimum absolute atomic E-state index is 0.263. The molecule has 0 aromatic heterocycles. The SMILES string of the molecule is CCOc1cccc(C(=O)NC(=S)Nc2c(C)cccc2CC)c1. The van der Waals surface area contributed by atoms with E-state index in [2.05, 4.69) is 17.6 Å². The molecule has 24 heavy (non-hydrogen) atoms. The number of hydrogen-bond donors (Lipinski definition) is 2. The molecular formula is C19H22N2O2S. The Morgan fingerprint density at radius 2 is 1.92 bits per heavy atom. The van der Waals surface area contributed by atoms with Gasteiger partial charge in [-0.15, -0.1) is 0 Å². The zero-order chi connectivity index (χ0) is 17.5. The highest BCUT2D eigenvalue weighted by atomic mass is 32.1. The van der Waals surface area contributed by atoms with E-state index in [-0.39, 0.29) is 11.0 Å². The van der Waals surface area contributed by atoms with Gasteiger partial charge < -0.3 is 10.1 Å². The first-order chi connectivity index (χ1) is 11.5. The molecule has 0 radical (unpaired) electrons. The second-order valence-electron chi connectivity index (χ2n) is 5.33. The summed E-state index contributed by atoms with van der Waals surface area (Å²) in [6.45, 7) is 6.55. The van der Waals surface area contributed by atoms with Crippen LogP contribution in [0.15, 0.2) is 42.5 Å². The van der Waals surface area contributed by atoms with E-state index in [1.54, 1.807) is 18.2 Å². The topological polar surface area (TPSA) is 50.4 Å². The quantitative estimate of drug-likeness (QED) is 0.804. The number of aryl methyl sites for hydroxylation is 2. The lowest BCUT2D eigenvalue weighted by Crippen LogP contribution is -2.34. The van der Waals surface area contributed by atoms with Crippen molar-refractivity contribution < 1.29 is 9.53 Å². The Hall–Kier alpha value is -2.40. The van der Waals surface area contributed by atoms with Gasteiger partial charge >= 0.3 is 0 Å². The molecule has 0 spiro atoms.